The average molecular weight is 543 g/mol. The third-order valence-corrected chi connectivity index (χ3v) is 6.82. The molecule has 29 heavy (non-hydrogen) atoms. The number of rotatable bonds is 8. The van der Waals surface area contributed by atoms with Gasteiger partial charge in [0.05, 0.1) is 23.5 Å². The Labute approximate surface area is 197 Å². The first-order valence-electron chi connectivity index (χ1n) is 9.91. The van der Waals surface area contributed by atoms with E-state index in [1.165, 1.54) is 39.7 Å². The van der Waals surface area contributed by atoms with Crippen molar-refractivity contribution in [1.29, 1.82) is 0 Å². The largest absolute Gasteiger partial charge is 0.469 e. The van der Waals surface area contributed by atoms with Crippen molar-refractivity contribution in [3.8, 4) is 0 Å². The number of fused-ring (bicyclic) bond motifs is 1. The van der Waals surface area contributed by atoms with E-state index >= 15 is 0 Å². The molecule has 2 N–H and O–H groups in total. The third kappa shape index (κ3) is 6.82. The van der Waals surface area contributed by atoms with Gasteiger partial charge in [0, 0.05) is 35.7 Å². The molecule has 0 aliphatic heterocycles. The number of halogens is 1. The van der Waals surface area contributed by atoms with Crippen molar-refractivity contribution in [2.75, 3.05) is 13.1 Å². The highest BCUT2D eigenvalue weighted by molar-refractivity contribution is 14.0. The number of aromatic nitrogens is 1. The van der Waals surface area contributed by atoms with Crippen molar-refractivity contribution in [3.63, 3.8) is 0 Å². The lowest BCUT2D eigenvalue weighted by Gasteiger charge is -2.11. The second-order valence-corrected chi connectivity index (χ2v) is 9.06. The molecule has 0 radical (unpaired) electrons. The topological polar surface area (TPSA) is 62.5 Å². The Morgan fingerprint density at radius 1 is 1.10 bits per heavy atom. The summed E-state index contributed by atoms with van der Waals surface area (Å²) in [6.45, 7) is 2.32. The molecule has 3 aromatic heterocycles. The Kier molecular flexibility index (Phi) is 9.00. The Morgan fingerprint density at radius 2 is 1.97 bits per heavy atom. The summed E-state index contributed by atoms with van der Waals surface area (Å²) in [7, 11) is 0. The summed E-state index contributed by atoms with van der Waals surface area (Å²) < 4.78 is 5.41. The molecular formula is C21H27IN4OS2. The van der Waals surface area contributed by atoms with Crippen LogP contribution in [0.2, 0.25) is 0 Å². The fourth-order valence-corrected chi connectivity index (χ4v) is 5.08. The van der Waals surface area contributed by atoms with Crippen molar-refractivity contribution in [1.82, 2.24) is 15.6 Å². The van der Waals surface area contributed by atoms with E-state index in [0.29, 0.717) is 6.54 Å². The summed E-state index contributed by atoms with van der Waals surface area (Å²) in [6.07, 6.45) is 8.46. The summed E-state index contributed by atoms with van der Waals surface area (Å²) in [5.74, 6) is 1.83. The van der Waals surface area contributed by atoms with Gasteiger partial charge in [-0.15, -0.1) is 46.7 Å². The second-order valence-electron chi connectivity index (χ2n) is 6.86. The molecule has 0 spiro atoms. The average Bonchev–Trinajstić information content (AvgIpc) is 3.46. The molecule has 1 aliphatic rings. The first-order valence-corrected chi connectivity index (χ1v) is 11.6. The van der Waals surface area contributed by atoms with Crippen LogP contribution >= 0.6 is 46.7 Å². The maximum absolute atomic E-state index is 5.41. The van der Waals surface area contributed by atoms with E-state index in [9.17, 15) is 0 Å². The molecule has 0 amide bonds. The number of furan rings is 1. The predicted octanol–water partition coefficient (Wildman–Crippen LogP) is 4.82. The van der Waals surface area contributed by atoms with Gasteiger partial charge in [-0.25, -0.2) is 9.98 Å². The lowest BCUT2D eigenvalue weighted by atomic mass is 10.0. The number of nitrogens with one attached hydrogen (secondary N) is 2. The molecule has 0 saturated heterocycles. The fourth-order valence-electron chi connectivity index (χ4n) is 3.29. The van der Waals surface area contributed by atoms with Gasteiger partial charge in [0.15, 0.2) is 5.96 Å². The first-order chi connectivity index (χ1) is 13.9. The standard InChI is InChI=1S/C21H26N4OS2.HI/c1-2-8-19-18(7-1)25-20(28-19)10-12-23-21(24-15-17-6-4-14-27-17)22-11-9-16-5-3-13-26-16;/h3-6,13-14H,1-2,7-12,15H2,(H2,22,23,24);1H. The number of thiazole rings is 1. The summed E-state index contributed by atoms with van der Waals surface area (Å²) in [5, 5.41) is 10.2. The van der Waals surface area contributed by atoms with Gasteiger partial charge in [0.1, 0.15) is 5.76 Å². The molecule has 0 bridgehead atoms. The minimum Gasteiger partial charge on any atom is -0.469 e. The van der Waals surface area contributed by atoms with E-state index in [-0.39, 0.29) is 24.0 Å². The van der Waals surface area contributed by atoms with Crippen molar-refractivity contribution in [3.05, 3.63) is 62.1 Å². The Hall–Kier alpha value is -1.39. The van der Waals surface area contributed by atoms with Crippen LogP contribution in [0.25, 0.3) is 0 Å². The Balaban J connectivity index is 0.00000240. The maximum atomic E-state index is 5.41. The minimum atomic E-state index is 0. The van der Waals surface area contributed by atoms with Gasteiger partial charge in [-0.3, -0.25) is 0 Å². The molecule has 8 heteroatoms. The van der Waals surface area contributed by atoms with Gasteiger partial charge < -0.3 is 15.1 Å². The van der Waals surface area contributed by atoms with Gasteiger partial charge in [-0.05, 0) is 49.3 Å². The van der Waals surface area contributed by atoms with Crippen LogP contribution in [0.3, 0.4) is 0 Å². The van der Waals surface area contributed by atoms with E-state index in [0.717, 1.165) is 44.1 Å². The first kappa shape index (κ1) is 22.3. The summed E-state index contributed by atoms with van der Waals surface area (Å²) >= 11 is 3.63. The molecule has 1 aliphatic carbocycles. The van der Waals surface area contributed by atoms with Crippen LogP contribution in [0.1, 0.15) is 39.1 Å². The quantitative estimate of drug-likeness (QED) is 0.244. The zero-order valence-electron chi connectivity index (χ0n) is 16.4. The van der Waals surface area contributed by atoms with Crippen molar-refractivity contribution >= 4 is 52.6 Å². The van der Waals surface area contributed by atoms with Gasteiger partial charge in [0.2, 0.25) is 0 Å². The lowest BCUT2D eigenvalue weighted by molar-refractivity contribution is 0.506. The number of aliphatic imine (C=N–C) groups is 1. The number of nitrogens with zero attached hydrogens (tertiary/aromatic N) is 2. The normalized spacial score (nSPS) is 13.6. The number of guanidine groups is 1. The molecule has 0 fully saturated rings. The summed E-state index contributed by atoms with van der Waals surface area (Å²) in [4.78, 5) is 12.3. The number of aryl methyl sites for hydroxylation is 2. The zero-order valence-corrected chi connectivity index (χ0v) is 20.3. The van der Waals surface area contributed by atoms with E-state index in [4.69, 9.17) is 14.4 Å². The van der Waals surface area contributed by atoms with Crippen LogP contribution < -0.4 is 10.6 Å². The van der Waals surface area contributed by atoms with Gasteiger partial charge >= 0.3 is 0 Å². The highest BCUT2D eigenvalue weighted by Gasteiger charge is 2.14. The molecule has 0 saturated carbocycles. The Morgan fingerprint density at radius 3 is 2.72 bits per heavy atom. The molecule has 0 unspecified atom stereocenters. The van der Waals surface area contributed by atoms with Crippen LogP contribution in [-0.2, 0) is 32.2 Å². The second kappa shape index (κ2) is 11.7. The monoisotopic (exact) mass is 542 g/mol. The number of thiophene rings is 1. The van der Waals surface area contributed by atoms with Crippen LogP contribution in [0.4, 0.5) is 0 Å². The van der Waals surface area contributed by atoms with Crippen LogP contribution in [-0.4, -0.2) is 24.0 Å². The molecule has 5 nitrogen and oxygen atoms in total. The van der Waals surface area contributed by atoms with Crippen LogP contribution in [0.15, 0.2) is 45.3 Å². The van der Waals surface area contributed by atoms with Gasteiger partial charge in [0.25, 0.3) is 0 Å². The molecule has 156 valence electrons. The van der Waals surface area contributed by atoms with Crippen molar-refractivity contribution in [2.45, 2.75) is 45.1 Å². The molecule has 3 heterocycles. The van der Waals surface area contributed by atoms with E-state index in [1.807, 2.05) is 23.5 Å². The van der Waals surface area contributed by atoms with Crippen molar-refractivity contribution < 1.29 is 4.42 Å². The van der Waals surface area contributed by atoms with Crippen LogP contribution in [0.5, 0.6) is 0 Å². The fraction of sp³-hybridized carbons (Fsp3) is 0.429. The van der Waals surface area contributed by atoms with E-state index < -0.39 is 0 Å². The molecule has 0 aromatic carbocycles. The predicted molar refractivity (Wildman–Crippen MR) is 132 cm³/mol. The van der Waals surface area contributed by atoms with Gasteiger partial charge in [-0.1, -0.05) is 6.07 Å². The minimum absolute atomic E-state index is 0. The smallest absolute Gasteiger partial charge is 0.191 e. The van der Waals surface area contributed by atoms with E-state index in [2.05, 4.69) is 28.1 Å². The van der Waals surface area contributed by atoms with E-state index in [1.54, 1.807) is 17.6 Å². The molecule has 3 aromatic rings. The lowest BCUT2D eigenvalue weighted by Crippen LogP contribution is -2.39. The third-order valence-electron chi connectivity index (χ3n) is 4.74. The van der Waals surface area contributed by atoms with Crippen molar-refractivity contribution in [2.24, 2.45) is 4.99 Å². The maximum Gasteiger partial charge on any atom is 0.191 e. The molecule has 4 rings (SSSR count). The zero-order chi connectivity index (χ0) is 19.0. The highest BCUT2D eigenvalue weighted by atomic mass is 127. The SMILES string of the molecule is I.c1coc(CCNC(=NCc2cccs2)NCCc2nc3c(s2)CCCC3)c1. The molecule has 0 atom stereocenters. The summed E-state index contributed by atoms with van der Waals surface area (Å²) in [6, 6.07) is 8.11. The number of hydrogen-bond donors (Lipinski definition) is 2. The number of hydrogen-bond acceptors (Lipinski definition) is 5. The van der Waals surface area contributed by atoms with Crippen LogP contribution in [0, 0.1) is 0 Å². The summed E-state index contributed by atoms with van der Waals surface area (Å²) in [5.41, 5.74) is 1.34. The van der Waals surface area contributed by atoms with Gasteiger partial charge in [-0.2, -0.15) is 0 Å². The Bertz CT molecular complexity index is 851. The highest BCUT2D eigenvalue weighted by Crippen LogP contribution is 2.26. The molecular weight excluding hydrogens is 515 g/mol.